The monoisotopic (exact) mass is 356 g/mol. The molecule has 0 aliphatic heterocycles. The minimum Gasteiger partial charge on any atom is -0.497 e. The molecule has 1 aromatic heterocycles. The first-order valence-electron chi connectivity index (χ1n) is 6.38. The molecular formula is C14H17BrN2O2S. The Kier molecular flexibility index (Phi) is 5.67. The molecule has 0 fully saturated rings. The number of rotatable bonds is 7. The molecule has 0 radical (unpaired) electrons. The summed E-state index contributed by atoms with van der Waals surface area (Å²) in [6.07, 6.45) is 2.93. The first-order valence-corrected chi connectivity index (χ1v) is 7.98. The van der Waals surface area contributed by atoms with Crippen LogP contribution in [0.5, 0.6) is 11.5 Å². The molecule has 6 heteroatoms. The van der Waals surface area contributed by atoms with Gasteiger partial charge in [0.1, 0.15) is 18.1 Å². The van der Waals surface area contributed by atoms with Gasteiger partial charge in [0.2, 0.25) is 0 Å². The fourth-order valence-corrected chi connectivity index (χ4v) is 2.79. The second kappa shape index (κ2) is 7.50. The van der Waals surface area contributed by atoms with E-state index in [4.69, 9.17) is 9.47 Å². The molecular weight excluding hydrogens is 340 g/mol. The topological polar surface area (TPSA) is 43.4 Å². The second-order valence-corrected chi connectivity index (χ2v) is 6.11. The zero-order valence-electron chi connectivity index (χ0n) is 11.5. The van der Waals surface area contributed by atoms with Crippen LogP contribution in [0.2, 0.25) is 0 Å². The predicted octanol–water partition coefficient (Wildman–Crippen LogP) is 4.32. The first-order chi connectivity index (χ1) is 9.72. The molecule has 2 aromatic rings. The minimum absolute atomic E-state index is 0.510. The number of hydrogen-bond acceptors (Lipinski definition) is 5. The zero-order valence-corrected chi connectivity index (χ0v) is 13.9. The van der Waals surface area contributed by atoms with Gasteiger partial charge in [-0.2, -0.15) is 0 Å². The zero-order chi connectivity index (χ0) is 14.4. The van der Waals surface area contributed by atoms with Crippen LogP contribution in [0.25, 0.3) is 0 Å². The van der Waals surface area contributed by atoms with Gasteiger partial charge in [-0.1, -0.05) is 18.3 Å². The van der Waals surface area contributed by atoms with Crippen molar-refractivity contribution in [1.82, 2.24) is 4.98 Å². The van der Waals surface area contributed by atoms with Crippen molar-refractivity contribution in [2.75, 3.05) is 19.0 Å². The summed E-state index contributed by atoms with van der Waals surface area (Å²) in [5.74, 6) is 1.59. The van der Waals surface area contributed by atoms with E-state index >= 15 is 0 Å². The van der Waals surface area contributed by atoms with E-state index in [1.165, 1.54) is 0 Å². The van der Waals surface area contributed by atoms with Crippen LogP contribution in [0.1, 0.15) is 18.2 Å². The van der Waals surface area contributed by atoms with Crippen LogP contribution >= 0.6 is 27.3 Å². The molecule has 0 aliphatic rings. The lowest BCUT2D eigenvalue weighted by Crippen LogP contribution is -1.98. The molecule has 2 rings (SSSR count). The standard InChI is InChI=1S/C14H17BrN2O2S/c1-3-6-16-14-17-8-11(20-14)9-19-13-5-4-10(18-2)7-12(13)15/h4-5,7-8H,3,6,9H2,1-2H3,(H,16,17). The highest BCUT2D eigenvalue weighted by Gasteiger charge is 2.06. The Morgan fingerprint density at radius 1 is 1.40 bits per heavy atom. The van der Waals surface area contributed by atoms with Gasteiger partial charge in [-0.25, -0.2) is 4.98 Å². The second-order valence-electron chi connectivity index (χ2n) is 4.14. The maximum Gasteiger partial charge on any atom is 0.182 e. The number of halogens is 1. The summed E-state index contributed by atoms with van der Waals surface area (Å²) in [4.78, 5) is 5.40. The van der Waals surface area contributed by atoms with E-state index in [9.17, 15) is 0 Å². The predicted molar refractivity (Wildman–Crippen MR) is 85.9 cm³/mol. The number of hydrogen-bond donors (Lipinski definition) is 1. The van der Waals surface area contributed by atoms with Gasteiger partial charge in [-0.05, 0) is 40.5 Å². The van der Waals surface area contributed by atoms with E-state index < -0.39 is 0 Å². The highest BCUT2D eigenvalue weighted by molar-refractivity contribution is 9.10. The van der Waals surface area contributed by atoms with Gasteiger partial charge in [0, 0.05) is 12.7 Å². The van der Waals surface area contributed by atoms with Gasteiger partial charge in [0.05, 0.1) is 16.5 Å². The van der Waals surface area contributed by atoms with E-state index in [0.717, 1.165) is 38.9 Å². The van der Waals surface area contributed by atoms with Crippen LogP contribution < -0.4 is 14.8 Å². The molecule has 0 saturated carbocycles. The van der Waals surface area contributed by atoms with E-state index in [-0.39, 0.29) is 0 Å². The normalized spacial score (nSPS) is 10.3. The molecule has 0 atom stereocenters. The lowest BCUT2D eigenvalue weighted by molar-refractivity contribution is 0.306. The van der Waals surface area contributed by atoms with Crippen LogP contribution in [-0.2, 0) is 6.61 Å². The maximum atomic E-state index is 5.78. The third-order valence-electron chi connectivity index (χ3n) is 2.59. The number of ether oxygens (including phenoxy) is 2. The maximum absolute atomic E-state index is 5.78. The van der Waals surface area contributed by atoms with Crippen LogP contribution in [0.15, 0.2) is 28.9 Å². The van der Waals surface area contributed by atoms with Gasteiger partial charge < -0.3 is 14.8 Å². The number of nitrogens with zero attached hydrogens (tertiary/aromatic N) is 1. The molecule has 0 saturated heterocycles. The lowest BCUT2D eigenvalue weighted by atomic mass is 10.3. The quantitative estimate of drug-likeness (QED) is 0.802. The molecule has 1 N–H and O–H groups in total. The molecule has 0 unspecified atom stereocenters. The molecule has 108 valence electrons. The Balaban J connectivity index is 1.93. The van der Waals surface area contributed by atoms with Gasteiger partial charge in [-0.15, -0.1) is 0 Å². The van der Waals surface area contributed by atoms with E-state index in [1.54, 1.807) is 18.4 Å². The molecule has 0 aliphatic carbocycles. The third-order valence-corrected chi connectivity index (χ3v) is 4.14. The summed E-state index contributed by atoms with van der Waals surface area (Å²) in [6, 6.07) is 5.65. The number of thiazole rings is 1. The Morgan fingerprint density at radius 2 is 2.25 bits per heavy atom. The molecule has 4 nitrogen and oxygen atoms in total. The van der Waals surface area contributed by atoms with E-state index in [2.05, 4.69) is 33.2 Å². The SMILES string of the molecule is CCCNc1ncc(COc2ccc(OC)cc2Br)s1. The van der Waals surface area contributed by atoms with Crippen molar-refractivity contribution in [2.45, 2.75) is 20.0 Å². The Morgan fingerprint density at radius 3 is 2.95 bits per heavy atom. The number of anilines is 1. The molecule has 0 amide bonds. The minimum atomic E-state index is 0.510. The summed E-state index contributed by atoms with van der Waals surface area (Å²) in [5, 5.41) is 4.21. The van der Waals surface area contributed by atoms with Crippen molar-refractivity contribution < 1.29 is 9.47 Å². The van der Waals surface area contributed by atoms with Crippen LogP contribution in [-0.4, -0.2) is 18.6 Å². The first kappa shape index (κ1) is 15.1. The van der Waals surface area contributed by atoms with Gasteiger partial charge in [-0.3, -0.25) is 0 Å². The number of benzene rings is 1. The number of aromatic nitrogens is 1. The van der Waals surface area contributed by atoms with Crippen LogP contribution in [0, 0.1) is 0 Å². The molecule has 1 aromatic carbocycles. The Hall–Kier alpha value is -1.27. The van der Waals surface area contributed by atoms with E-state index in [1.807, 2.05) is 24.4 Å². The smallest absolute Gasteiger partial charge is 0.182 e. The number of methoxy groups -OCH3 is 1. The summed E-state index contributed by atoms with van der Waals surface area (Å²) < 4.78 is 11.8. The average Bonchev–Trinajstić information content (AvgIpc) is 2.91. The van der Waals surface area contributed by atoms with Crippen molar-refractivity contribution in [1.29, 1.82) is 0 Å². The van der Waals surface area contributed by atoms with Crippen LogP contribution in [0.4, 0.5) is 5.13 Å². The summed E-state index contributed by atoms with van der Waals surface area (Å²) in [7, 11) is 1.64. The summed E-state index contributed by atoms with van der Waals surface area (Å²) >= 11 is 5.09. The van der Waals surface area contributed by atoms with Crippen molar-refractivity contribution >= 4 is 32.4 Å². The number of nitrogens with one attached hydrogen (secondary N) is 1. The van der Waals surface area contributed by atoms with Gasteiger partial charge in [0.15, 0.2) is 5.13 Å². The molecule has 20 heavy (non-hydrogen) atoms. The summed E-state index contributed by atoms with van der Waals surface area (Å²) in [6.45, 7) is 3.58. The largest absolute Gasteiger partial charge is 0.497 e. The highest BCUT2D eigenvalue weighted by Crippen LogP contribution is 2.30. The van der Waals surface area contributed by atoms with Gasteiger partial charge >= 0.3 is 0 Å². The van der Waals surface area contributed by atoms with Crippen LogP contribution in [0.3, 0.4) is 0 Å². The molecule has 1 heterocycles. The molecule has 0 spiro atoms. The van der Waals surface area contributed by atoms with Crippen molar-refractivity contribution in [3.8, 4) is 11.5 Å². The van der Waals surface area contributed by atoms with Crippen molar-refractivity contribution in [2.24, 2.45) is 0 Å². The highest BCUT2D eigenvalue weighted by atomic mass is 79.9. The Bertz CT molecular complexity index is 560. The lowest BCUT2D eigenvalue weighted by Gasteiger charge is -2.08. The molecule has 0 bridgehead atoms. The average molecular weight is 357 g/mol. The van der Waals surface area contributed by atoms with E-state index in [0.29, 0.717) is 6.61 Å². The Labute approximate surface area is 131 Å². The van der Waals surface area contributed by atoms with Crippen molar-refractivity contribution in [3.05, 3.63) is 33.7 Å². The summed E-state index contributed by atoms with van der Waals surface area (Å²) in [5.41, 5.74) is 0. The van der Waals surface area contributed by atoms with Crippen molar-refractivity contribution in [3.63, 3.8) is 0 Å². The van der Waals surface area contributed by atoms with Gasteiger partial charge in [0.25, 0.3) is 0 Å². The fraction of sp³-hybridized carbons (Fsp3) is 0.357. The third kappa shape index (κ3) is 4.11. The fourth-order valence-electron chi connectivity index (χ4n) is 1.56.